The highest BCUT2D eigenvalue weighted by Gasteiger charge is 2.52. The molecule has 0 spiro atoms. The Balaban J connectivity index is 1.89. The molecule has 1 aromatic heterocycles. The first kappa shape index (κ1) is 21.7. The van der Waals surface area contributed by atoms with Crippen LogP contribution in [0.2, 0.25) is 0 Å². The van der Waals surface area contributed by atoms with E-state index >= 15 is 0 Å². The van der Waals surface area contributed by atoms with Gasteiger partial charge in [0.15, 0.2) is 5.03 Å². The maximum Gasteiger partial charge on any atom is 0.412 e. The lowest BCUT2D eigenvalue weighted by atomic mass is 10.0. The number of fused-ring (bicyclic) bond motifs is 1. The average molecular weight is 424 g/mol. The maximum absolute atomic E-state index is 13.1. The van der Waals surface area contributed by atoms with Gasteiger partial charge in [0.05, 0.1) is 12.1 Å². The summed E-state index contributed by atoms with van der Waals surface area (Å²) in [4.78, 5) is 18.5. The second-order valence-corrected chi connectivity index (χ2v) is 10.6. The molecule has 2 unspecified atom stereocenters. The molecule has 0 aromatic carbocycles. The molecule has 1 fully saturated rings. The Morgan fingerprint density at radius 3 is 2.62 bits per heavy atom. The number of aromatic nitrogens is 1. The minimum atomic E-state index is -3.79. The number of sulfonamides is 1. The third-order valence-corrected chi connectivity index (χ3v) is 6.60. The molecule has 1 saturated heterocycles. The largest absolute Gasteiger partial charge is 0.444 e. The van der Waals surface area contributed by atoms with E-state index < -0.39 is 33.5 Å². The molecule has 0 radical (unpaired) electrons. The smallest absolute Gasteiger partial charge is 0.412 e. The molecule has 2 aliphatic heterocycles. The number of rotatable bonds is 2. The second-order valence-electron chi connectivity index (χ2n) is 8.72. The Morgan fingerprint density at radius 1 is 1.28 bits per heavy atom. The van der Waals surface area contributed by atoms with E-state index in [4.69, 9.17) is 9.47 Å². The Morgan fingerprint density at radius 2 is 2.00 bits per heavy atom. The fraction of sp³-hybridized carbons (Fsp3) is 0.600. The van der Waals surface area contributed by atoms with Crippen LogP contribution in [0.1, 0.15) is 41.0 Å². The van der Waals surface area contributed by atoms with Crippen molar-refractivity contribution >= 4 is 16.1 Å². The number of pyridine rings is 1. The summed E-state index contributed by atoms with van der Waals surface area (Å²) >= 11 is 0. The number of amides is 1. The van der Waals surface area contributed by atoms with Crippen LogP contribution in [-0.2, 0) is 19.5 Å². The van der Waals surface area contributed by atoms with Gasteiger partial charge in [0.2, 0.25) is 0 Å². The molecule has 3 rings (SSSR count). The van der Waals surface area contributed by atoms with Gasteiger partial charge in [-0.15, -0.1) is 0 Å². The third-order valence-electron chi connectivity index (χ3n) is 4.85. The van der Waals surface area contributed by atoms with Gasteiger partial charge in [-0.05, 0) is 53.2 Å². The first-order valence-corrected chi connectivity index (χ1v) is 11.1. The van der Waals surface area contributed by atoms with Crippen molar-refractivity contribution in [2.24, 2.45) is 0 Å². The van der Waals surface area contributed by atoms with Gasteiger partial charge in [0.1, 0.15) is 11.3 Å². The first-order chi connectivity index (χ1) is 13.4. The zero-order valence-corrected chi connectivity index (χ0v) is 18.3. The van der Waals surface area contributed by atoms with E-state index in [1.165, 1.54) is 16.6 Å². The van der Waals surface area contributed by atoms with Gasteiger partial charge in [-0.25, -0.2) is 18.2 Å². The number of hydrogen-bond acceptors (Lipinski definition) is 6. The molecule has 29 heavy (non-hydrogen) atoms. The summed E-state index contributed by atoms with van der Waals surface area (Å²) in [6.45, 7) is 9.36. The lowest BCUT2D eigenvalue weighted by Gasteiger charge is -2.35. The minimum Gasteiger partial charge on any atom is -0.444 e. The molecule has 0 bridgehead atoms. The summed E-state index contributed by atoms with van der Waals surface area (Å²) in [5.41, 5.74) is -1.56. The molecule has 0 N–H and O–H groups in total. The summed E-state index contributed by atoms with van der Waals surface area (Å²) in [7, 11) is -3.79. The molecular weight excluding hydrogens is 394 g/mol. The lowest BCUT2D eigenvalue weighted by molar-refractivity contribution is -0.0802. The van der Waals surface area contributed by atoms with Gasteiger partial charge in [0, 0.05) is 19.3 Å². The van der Waals surface area contributed by atoms with E-state index in [1.807, 2.05) is 26.8 Å². The minimum absolute atomic E-state index is 0.00761. The van der Waals surface area contributed by atoms with Crippen LogP contribution in [0.4, 0.5) is 4.79 Å². The Hall–Kier alpha value is -1.97. The van der Waals surface area contributed by atoms with Gasteiger partial charge in [-0.1, -0.05) is 18.2 Å². The predicted octanol–water partition coefficient (Wildman–Crippen LogP) is 2.77. The summed E-state index contributed by atoms with van der Waals surface area (Å²) in [5.74, 6) is 0. The zero-order valence-electron chi connectivity index (χ0n) is 17.5. The van der Waals surface area contributed by atoms with Crippen molar-refractivity contribution in [3.8, 4) is 0 Å². The van der Waals surface area contributed by atoms with Gasteiger partial charge in [-0.2, -0.15) is 4.31 Å². The molecule has 2 atom stereocenters. The summed E-state index contributed by atoms with van der Waals surface area (Å²) < 4.78 is 39.2. The number of hydrogen-bond donors (Lipinski definition) is 0. The SMILES string of the molecule is CC(C)(C)OC(=O)N1C2C/C=C\CN(S(=O)(=O)c3ccccn3)CC2OC1(C)C. The van der Waals surface area contributed by atoms with Crippen LogP contribution in [0.25, 0.3) is 0 Å². The van der Waals surface area contributed by atoms with Crippen molar-refractivity contribution in [1.82, 2.24) is 14.2 Å². The van der Waals surface area contributed by atoms with Crippen LogP contribution in [0.5, 0.6) is 0 Å². The number of nitrogens with zero attached hydrogens (tertiary/aromatic N) is 3. The predicted molar refractivity (Wildman–Crippen MR) is 108 cm³/mol. The molecule has 160 valence electrons. The zero-order chi connectivity index (χ0) is 21.4. The standard InChI is InChI=1S/C20H29N3O5S/c1-19(2,3)28-18(24)23-15-10-7-9-13-22(14-16(15)27-20(23,4)5)29(25,26)17-11-6-8-12-21-17/h6-9,11-12,15-16H,10,13-14H2,1-5H3/b9-7-. The Kier molecular flexibility index (Phi) is 5.77. The molecule has 0 saturated carbocycles. The van der Waals surface area contributed by atoms with Crippen molar-refractivity contribution in [3.63, 3.8) is 0 Å². The van der Waals surface area contributed by atoms with E-state index in [1.54, 1.807) is 37.0 Å². The van der Waals surface area contributed by atoms with Crippen LogP contribution in [0.3, 0.4) is 0 Å². The summed E-state index contributed by atoms with van der Waals surface area (Å²) in [6.07, 6.45) is 4.75. The Labute approximate surface area is 172 Å². The number of carbonyl (C=O) groups excluding carboxylic acids is 1. The fourth-order valence-corrected chi connectivity index (χ4v) is 5.02. The normalized spacial score (nSPS) is 26.3. The van der Waals surface area contributed by atoms with Gasteiger partial charge >= 0.3 is 6.09 Å². The monoisotopic (exact) mass is 423 g/mol. The molecule has 9 heteroatoms. The molecule has 8 nitrogen and oxygen atoms in total. The average Bonchev–Trinajstić information content (AvgIpc) is 2.83. The van der Waals surface area contributed by atoms with Crippen molar-refractivity contribution < 1.29 is 22.7 Å². The van der Waals surface area contributed by atoms with Crippen molar-refractivity contribution in [3.05, 3.63) is 36.5 Å². The summed E-state index contributed by atoms with van der Waals surface area (Å²) in [5, 5.41) is -0.00761. The van der Waals surface area contributed by atoms with Crippen molar-refractivity contribution in [2.45, 2.75) is 69.5 Å². The van der Waals surface area contributed by atoms with Crippen LogP contribution in [0, 0.1) is 0 Å². The van der Waals surface area contributed by atoms with E-state index in [2.05, 4.69) is 4.98 Å². The van der Waals surface area contributed by atoms with Crippen LogP contribution < -0.4 is 0 Å². The fourth-order valence-electron chi connectivity index (χ4n) is 3.69. The highest BCUT2D eigenvalue weighted by molar-refractivity contribution is 7.89. The van der Waals surface area contributed by atoms with E-state index in [0.29, 0.717) is 6.42 Å². The van der Waals surface area contributed by atoms with Crippen LogP contribution >= 0.6 is 0 Å². The molecular formula is C20H29N3O5S. The van der Waals surface area contributed by atoms with Crippen LogP contribution in [0.15, 0.2) is 41.6 Å². The van der Waals surface area contributed by atoms with Crippen molar-refractivity contribution in [2.75, 3.05) is 13.1 Å². The van der Waals surface area contributed by atoms with E-state index in [0.717, 1.165) is 0 Å². The van der Waals surface area contributed by atoms with E-state index in [9.17, 15) is 13.2 Å². The molecule has 1 aromatic rings. The highest BCUT2D eigenvalue weighted by Crippen LogP contribution is 2.37. The molecule has 3 heterocycles. The third kappa shape index (κ3) is 4.62. The quantitative estimate of drug-likeness (QED) is 0.680. The molecule has 0 aliphatic carbocycles. The maximum atomic E-state index is 13.1. The number of ether oxygens (including phenoxy) is 2. The summed E-state index contributed by atoms with van der Waals surface area (Å²) in [6, 6.07) is 4.45. The van der Waals surface area contributed by atoms with Gasteiger partial charge in [0.25, 0.3) is 10.0 Å². The topological polar surface area (TPSA) is 89.0 Å². The van der Waals surface area contributed by atoms with Crippen molar-refractivity contribution in [1.29, 1.82) is 0 Å². The number of carbonyl (C=O) groups is 1. The van der Waals surface area contributed by atoms with Crippen LogP contribution in [-0.4, -0.2) is 65.3 Å². The highest BCUT2D eigenvalue weighted by atomic mass is 32.2. The lowest BCUT2D eigenvalue weighted by Crippen LogP contribution is -2.51. The molecule has 2 aliphatic rings. The van der Waals surface area contributed by atoms with Gasteiger partial charge < -0.3 is 9.47 Å². The Bertz CT molecular complexity index is 877. The first-order valence-electron chi connectivity index (χ1n) is 9.68. The second kappa shape index (κ2) is 7.70. The van der Waals surface area contributed by atoms with Gasteiger partial charge in [-0.3, -0.25) is 4.90 Å². The van der Waals surface area contributed by atoms with E-state index in [-0.39, 0.29) is 24.2 Å². The molecule has 1 amide bonds.